The molecule has 4 rings (SSSR count). The predicted octanol–water partition coefficient (Wildman–Crippen LogP) is 5.00. The Kier molecular flexibility index (Phi) is 6.24. The molecule has 0 saturated heterocycles. The number of nitrogens with one attached hydrogen (secondary N) is 2. The van der Waals surface area contributed by atoms with E-state index in [2.05, 4.69) is 25.5 Å². The number of rotatable bonds is 6. The van der Waals surface area contributed by atoms with E-state index in [9.17, 15) is 18.0 Å². The van der Waals surface area contributed by atoms with E-state index in [1.54, 1.807) is 0 Å². The number of methoxy groups -OCH3 is 1. The maximum absolute atomic E-state index is 15.0. The minimum Gasteiger partial charge on any atom is -0.486 e. The van der Waals surface area contributed by atoms with Gasteiger partial charge in [0.15, 0.2) is 17.2 Å². The Balaban J connectivity index is 1.52. The standard InChI is InChI=1S/C21H14ClF4N5O3/c1-33-20-12-6-11(8-28-18(12)30-31-20)29-19(32)16-13(22)3-4-14(17(16)23)34-9-10-2-5-15(27-7-10)21(24,25)26/h2-8H,9H2,1H3,(H,29,32)(H,28,30,31). The molecule has 176 valence electrons. The lowest BCUT2D eigenvalue weighted by Crippen LogP contribution is -2.15. The first-order valence-electron chi connectivity index (χ1n) is 9.49. The summed E-state index contributed by atoms with van der Waals surface area (Å²) < 4.78 is 63.4. The molecule has 1 aromatic carbocycles. The summed E-state index contributed by atoms with van der Waals surface area (Å²) in [5, 5.41) is 9.39. The van der Waals surface area contributed by atoms with E-state index in [0.29, 0.717) is 11.0 Å². The Bertz CT molecular complexity index is 1360. The monoisotopic (exact) mass is 495 g/mol. The number of carbonyl (C=O) groups is 1. The van der Waals surface area contributed by atoms with Gasteiger partial charge in [0.2, 0.25) is 5.88 Å². The van der Waals surface area contributed by atoms with Crippen molar-refractivity contribution in [3.63, 3.8) is 0 Å². The zero-order valence-corrected chi connectivity index (χ0v) is 18.0. The number of carbonyl (C=O) groups excluding carboxylic acids is 1. The third-order valence-electron chi connectivity index (χ3n) is 4.62. The van der Waals surface area contributed by atoms with Crippen LogP contribution >= 0.6 is 11.6 Å². The summed E-state index contributed by atoms with van der Waals surface area (Å²) in [5.41, 5.74) is -0.624. The van der Waals surface area contributed by atoms with E-state index in [1.165, 1.54) is 31.5 Å². The zero-order chi connectivity index (χ0) is 24.5. The molecule has 0 fully saturated rings. The van der Waals surface area contributed by atoms with Crippen molar-refractivity contribution < 1.29 is 31.8 Å². The SMILES string of the molecule is COc1n[nH]c2ncc(NC(=O)c3c(Cl)ccc(OCc4ccc(C(F)(F)F)nc4)c3F)cc12. The smallest absolute Gasteiger partial charge is 0.433 e. The lowest BCUT2D eigenvalue weighted by molar-refractivity contribution is -0.141. The van der Waals surface area contributed by atoms with Gasteiger partial charge in [-0.15, -0.1) is 5.10 Å². The summed E-state index contributed by atoms with van der Waals surface area (Å²) >= 11 is 6.04. The van der Waals surface area contributed by atoms with Gasteiger partial charge in [0, 0.05) is 11.8 Å². The van der Waals surface area contributed by atoms with Gasteiger partial charge < -0.3 is 14.8 Å². The fourth-order valence-corrected chi connectivity index (χ4v) is 3.22. The highest BCUT2D eigenvalue weighted by Crippen LogP contribution is 2.30. The average molecular weight is 496 g/mol. The molecule has 0 saturated carbocycles. The van der Waals surface area contributed by atoms with Gasteiger partial charge in [-0.3, -0.25) is 14.9 Å². The molecule has 13 heteroatoms. The molecule has 8 nitrogen and oxygen atoms in total. The number of aromatic nitrogens is 4. The second kappa shape index (κ2) is 9.14. The van der Waals surface area contributed by atoms with Gasteiger partial charge in [-0.25, -0.2) is 9.37 Å². The van der Waals surface area contributed by atoms with E-state index in [4.69, 9.17) is 21.1 Å². The van der Waals surface area contributed by atoms with Crippen molar-refractivity contribution in [2.75, 3.05) is 12.4 Å². The van der Waals surface area contributed by atoms with Crippen LogP contribution in [-0.4, -0.2) is 33.2 Å². The molecule has 4 aromatic rings. The van der Waals surface area contributed by atoms with Gasteiger partial charge in [-0.05, 0) is 24.3 Å². The van der Waals surface area contributed by atoms with Crippen molar-refractivity contribution in [3.05, 3.63) is 70.4 Å². The molecule has 0 bridgehead atoms. The number of amides is 1. The second-order valence-corrected chi connectivity index (χ2v) is 7.29. The Morgan fingerprint density at radius 2 is 1.97 bits per heavy atom. The number of benzene rings is 1. The highest BCUT2D eigenvalue weighted by molar-refractivity contribution is 6.34. The number of hydrogen-bond donors (Lipinski definition) is 2. The number of pyridine rings is 2. The van der Waals surface area contributed by atoms with Gasteiger partial charge in [0.25, 0.3) is 5.91 Å². The van der Waals surface area contributed by atoms with Crippen LogP contribution in [0.2, 0.25) is 5.02 Å². The highest BCUT2D eigenvalue weighted by Gasteiger charge is 2.32. The van der Waals surface area contributed by atoms with E-state index in [-0.39, 0.29) is 34.5 Å². The van der Waals surface area contributed by atoms with Gasteiger partial charge in [-0.1, -0.05) is 17.7 Å². The van der Waals surface area contributed by atoms with Crippen LogP contribution < -0.4 is 14.8 Å². The van der Waals surface area contributed by atoms with Crippen LogP contribution in [-0.2, 0) is 12.8 Å². The van der Waals surface area contributed by atoms with Gasteiger partial charge in [0.1, 0.15) is 12.3 Å². The highest BCUT2D eigenvalue weighted by atomic mass is 35.5. The number of anilines is 1. The number of hydrogen-bond acceptors (Lipinski definition) is 6. The number of halogens is 5. The first-order valence-corrected chi connectivity index (χ1v) is 9.87. The first kappa shape index (κ1) is 23.2. The summed E-state index contributed by atoms with van der Waals surface area (Å²) in [6.07, 6.45) is -2.27. The first-order chi connectivity index (χ1) is 16.2. The third-order valence-corrected chi connectivity index (χ3v) is 4.94. The fraction of sp³-hybridized carbons (Fsp3) is 0.143. The summed E-state index contributed by atoms with van der Waals surface area (Å²) in [5.74, 6) is -1.97. The van der Waals surface area contributed by atoms with Crippen molar-refractivity contribution in [1.82, 2.24) is 20.2 Å². The van der Waals surface area contributed by atoms with E-state index in [0.717, 1.165) is 18.3 Å². The van der Waals surface area contributed by atoms with E-state index in [1.807, 2.05) is 0 Å². The molecule has 3 heterocycles. The van der Waals surface area contributed by atoms with Crippen LogP contribution in [0.3, 0.4) is 0 Å². The largest absolute Gasteiger partial charge is 0.486 e. The Labute approximate surface area is 193 Å². The predicted molar refractivity (Wildman–Crippen MR) is 113 cm³/mol. The zero-order valence-electron chi connectivity index (χ0n) is 17.2. The summed E-state index contributed by atoms with van der Waals surface area (Å²) in [6.45, 7) is -0.286. The number of alkyl halides is 3. The summed E-state index contributed by atoms with van der Waals surface area (Å²) in [4.78, 5) is 20.2. The van der Waals surface area contributed by atoms with Crippen molar-refractivity contribution in [2.45, 2.75) is 12.8 Å². The number of fused-ring (bicyclic) bond motifs is 1. The van der Waals surface area contributed by atoms with Crippen molar-refractivity contribution in [2.24, 2.45) is 0 Å². The molecular weight excluding hydrogens is 482 g/mol. The Morgan fingerprint density at radius 1 is 1.18 bits per heavy atom. The fourth-order valence-electron chi connectivity index (χ4n) is 2.99. The van der Waals surface area contributed by atoms with Crippen LogP contribution in [0.1, 0.15) is 21.6 Å². The number of nitrogens with zero attached hydrogens (tertiary/aromatic N) is 3. The molecule has 1 amide bonds. The van der Waals surface area contributed by atoms with Crippen LogP contribution in [0, 0.1) is 5.82 Å². The lowest BCUT2D eigenvalue weighted by atomic mass is 10.1. The molecule has 3 aromatic heterocycles. The van der Waals surface area contributed by atoms with Crippen LogP contribution in [0.4, 0.5) is 23.2 Å². The van der Waals surface area contributed by atoms with Crippen LogP contribution in [0.25, 0.3) is 11.0 Å². The van der Waals surface area contributed by atoms with E-state index < -0.39 is 29.2 Å². The quantitative estimate of drug-likeness (QED) is 0.365. The lowest BCUT2D eigenvalue weighted by Gasteiger charge is -2.12. The molecule has 2 N–H and O–H groups in total. The van der Waals surface area contributed by atoms with Gasteiger partial charge in [0.05, 0.1) is 35.0 Å². The Morgan fingerprint density at radius 3 is 2.65 bits per heavy atom. The van der Waals surface area contributed by atoms with Crippen LogP contribution in [0.15, 0.2) is 42.7 Å². The molecule has 34 heavy (non-hydrogen) atoms. The van der Waals surface area contributed by atoms with Gasteiger partial charge in [-0.2, -0.15) is 13.2 Å². The molecular formula is C21H14ClF4N5O3. The molecule has 0 aliphatic carbocycles. The van der Waals surface area contributed by atoms with Crippen molar-refractivity contribution in [1.29, 1.82) is 0 Å². The minimum atomic E-state index is -4.58. The molecule has 0 unspecified atom stereocenters. The molecule has 0 spiro atoms. The molecule has 0 aliphatic rings. The van der Waals surface area contributed by atoms with Gasteiger partial charge >= 0.3 is 6.18 Å². The molecule has 0 aliphatic heterocycles. The van der Waals surface area contributed by atoms with Crippen molar-refractivity contribution in [3.8, 4) is 11.6 Å². The maximum atomic E-state index is 15.0. The minimum absolute atomic E-state index is 0.173. The topological polar surface area (TPSA) is 102 Å². The van der Waals surface area contributed by atoms with Crippen LogP contribution in [0.5, 0.6) is 11.6 Å². The maximum Gasteiger partial charge on any atom is 0.433 e. The number of ether oxygens (including phenoxy) is 2. The second-order valence-electron chi connectivity index (χ2n) is 6.88. The summed E-state index contributed by atoms with van der Waals surface area (Å²) in [7, 11) is 1.42. The number of aromatic amines is 1. The molecule has 0 atom stereocenters. The average Bonchev–Trinajstić information content (AvgIpc) is 3.20. The molecule has 0 radical (unpaired) electrons. The van der Waals surface area contributed by atoms with E-state index >= 15 is 4.39 Å². The third kappa shape index (κ3) is 4.71. The normalized spacial score (nSPS) is 11.5. The summed E-state index contributed by atoms with van der Waals surface area (Å²) in [6, 6.07) is 5.95. The van der Waals surface area contributed by atoms with Crippen molar-refractivity contribution >= 4 is 34.2 Å². The number of H-pyrrole nitrogens is 1. The Hall–Kier alpha value is -3.93.